The first-order valence-corrected chi connectivity index (χ1v) is 14.2. The minimum atomic E-state index is -0.258. The van der Waals surface area contributed by atoms with Crippen LogP contribution in [0, 0.1) is 46.3 Å². The van der Waals surface area contributed by atoms with Crippen LogP contribution in [0.2, 0.25) is 0 Å². The third-order valence-corrected chi connectivity index (χ3v) is 11.6. The maximum atomic E-state index is 12.5. The van der Waals surface area contributed by atoms with Gasteiger partial charge in [-0.3, -0.25) is 9.78 Å². The molecule has 35 heavy (non-hydrogen) atoms. The molecular weight excluding hydrogens is 436 g/mol. The summed E-state index contributed by atoms with van der Waals surface area (Å²) in [4.78, 5) is 16.6. The van der Waals surface area contributed by atoms with Crippen LogP contribution in [0.5, 0.6) is 0 Å². The summed E-state index contributed by atoms with van der Waals surface area (Å²) < 4.78 is 0. The van der Waals surface area contributed by atoms with Crippen LogP contribution in [0.1, 0.15) is 90.5 Å². The SMILES string of the molecule is C[C@H](CCC(=O)NCc1ccncc1)[C@H]1CC[C@H]2[C@@H]3CC[C@@H]4C[C@H](O)CC[C@]4(C)[C@H]3C[C@H](O)[C@]12C. The van der Waals surface area contributed by atoms with Crippen molar-refractivity contribution < 1.29 is 15.0 Å². The summed E-state index contributed by atoms with van der Waals surface area (Å²) in [5.41, 5.74) is 1.32. The number of carbonyl (C=O) groups excluding carboxylic acids is 1. The van der Waals surface area contributed by atoms with Gasteiger partial charge in [-0.2, -0.15) is 0 Å². The average Bonchev–Trinajstić information content (AvgIpc) is 3.22. The minimum absolute atomic E-state index is 0.0362. The lowest BCUT2D eigenvalue weighted by molar-refractivity contribution is -0.174. The van der Waals surface area contributed by atoms with Gasteiger partial charge in [0.15, 0.2) is 0 Å². The van der Waals surface area contributed by atoms with Crippen LogP contribution in [0.4, 0.5) is 0 Å². The fraction of sp³-hybridized carbons (Fsp3) is 0.800. The van der Waals surface area contributed by atoms with Crippen molar-refractivity contribution in [2.24, 2.45) is 46.3 Å². The number of carbonyl (C=O) groups is 1. The van der Waals surface area contributed by atoms with Gasteiger partial charge in [0.05, 0.1) is 12.2 Å². The minimum Gasteiger partial charge on any atom is -0.393 e. The quantitative estimate of drug-likeness (QED) is 0.527. The largest absolute Gasteiger partial charge is 0.393 e. The molecule has 1 amide bonds. The summed E-state index contributed by atoms with van der Waals surface area (Å²) in [7, 11) is 0. The van der Waals surface area contributed by atoms with Crippen molar-refractivity contribution in [1.82, 2.24) is 10.3 Å². The summed E-state index contributed by atoms with van der Waals surface area (Å²) >= 11 is 0. The Morgan fingerprint density at radius 1 is 1.09 bits per heavy atom. The van der Waals surface area contributed by atoms with Crippen molar-refractivity contribution in [3.05, 3.63) is 30.1 Å². The molecular formula is C30H46N2O3. The molecule has 4 saturated carbocycles. The third-order valence-electron chi connectivity index (χ3n) is 11.6. The van der Waals surface area contributed by atoms with E-state index in [1.807, 2.05) is 12.1 Å². The van der Waals surface area contributed by atoms with E-state index < -0.39 is 0 Å². The molecule has 1 heterocycles. The number of rotatable bonds is 6. The molecule has 0 unspecified atom stereocenters. The van der Waals surface area contributed by atoms with Gasteiger partial charge in [0.2, 0.25) is 5.91 Å². The third kappa shape index (κ3) is 4.45. The van der Waals surface area contributed by atoms with E-state index in [2.05, 4.69) is 31.1 Å². The normalized spacial score (nSPS) is 43.5. The molecule has 0 aromatic carbocycles. The van der Waals surface area contributed by atoms with E-state index >= 15 is 0 Å². The van der Waals surface area contributed by atoms with Gasteiger partial charge in [-0.25, -0.2) is 0 Å². The molecule has 5 heteroatoms. The summed E-state index contributed by atoms with van der Waals surface area (Å²) in [6.45, 7) is 7.73. The Bertz CT molecular complexity index is 893. The molecule has 0 radical (unpaired) electrons. The summed E-state index contributed by atoms with van der Waals surface area (Å²) in [6.07, 6.45) is 13.4. The van der Waals surface area contributed by atoms with Crippen LogP contribution in [0.15, 0.2) is 24.5 Å². The molecule has 10 atom stereocenters. The number of aliphatic hydroxyl groups excluding tert-OH is 2. The number of hydrogen-bond donors (Lipinski definition) is 3. The lowest BCUT2D eigenvalue weighted by Gasteiger charge is -2.62. The monoisotopic (exact) mass is 482 g/mol. The lowest BCUT2D eigenvalue weighted by Crippen LogP contribution is -2.58. The van der Waals surface area contributed by atoms with Gasteiger partial charge in [0.25, 0.3) is 0 Å². The summed E-state index contributed by atoms with van der Waals surface area (Å²) in [5.74, 6) is 3.54. The molecule has 0 aliphatic heterocycles. The molecule has 0 bridgehead atoms. The second kappa shape index (κ2) is 9.78. The zero-order chi connectivity index (χ0) is 24.8. The van der Waals surface area contributed by atoms with Gasteiger partial charge in [-0.05, 0) is 122 Å². The first-order chi connectivity index (χ1) is 16.7. The van der Waals surface area contributed by atoms with E-state index in [4.69, 9.17) is 0 Å². The molecule has 3 N–H and O–H groups in total. The Balaban J connectivity index is 1.22. The smallest absolute Gasteiger partial charge is 0.220 e. The Morgan fingerprint density at radius 2 is 1.86 bits per heavy atom. The Labute approximate surface area is 211 Å². The van der Waals surface area contributed by atoms with Gasteiger partial charge in [0.1, 0.15) is 0 Å². The summed E-state index contributed by atoms with van der Waals surface area (Å²) in [6, 6.07) is 3.87. The van der Waals surface area contributed by atoms with Crippen molar-refractivity contribution in [2.75, 3.05) is 0 Å². The Hall–Kier alpha value is -1.46. The van der Waals surface area contributed by atoms with E-state index in [1.54, 1.807) is 12.4 Å². The fourth-order valence-electron chi connectivity index (χ4n) is 9.51. The van der Waals surface area contributed by atoms with E-state index in [0.717, 1.165) is 37.7 Å². The number of nitrogens with one attached hydrogen (secondary N) is 1. The number of aliphatic hydroxyl groups is 2. The summed E-state index contributed by atoms with van der Waals surface area (Å²) in [5, 5.41) is 25.1. The highest BCUT2D eigenvalue weighted by molar-refractivity contribution is 5.75. The second-order valence-electron chi connectivity index (χ2n) is 13.0. The van der Waals surface area contributed by atoms with Crippen molar-refractivity contribution in [1.29, 1.82) is 0 Å². The number of hydrogen-bond acceptors (Lipinski definition) is 4. The molecule has 1 aromatic rings. The van der Waals surface area contributed by atoms with Crippen molar-refractivity contribution in [2.45, 2.75) is 104 Å². The topological polar surface area (TPSA) is 82.5 Å². The van der Waals surface area contributed by atoms with Crippen LogP contribution >= 0.6 is 0 Å². The standard InChI is InChI=1S/C30H46N2O3/c1-19(4-9-28(35)32-18-20-11-14-31-15-12-20)24-7-8-25-23-6-5-21-16-22(33)10-13-29(21,2)26(23)17-27(34)30(24,25)3/h11-12,14-15,19,21-27,33-34H,4-10,13,16-18H2,1-3H3,(H,32,35)/t19-,21-,22-,23+,24-,25+,26+,27+,29+,30-/m1/s1. The number of pyridine rings is 1. The highest BCUT2D eigenvalue weighted by Crippen LogP contribution is 2.68. The molecule has 4 aliphatic carbocycles. The average molecular weight is 483 g/mol. The number of fused-ring (bicyclic) bond motifs is 5. The van der Waals surface area contributed by atoms with Crippen LogP contribution in [0.3, 0.4) is 0 Å². The number of nitrogens with zero attached hydrogens (tertiary/aromatic N) is 1. The molecule has 5 rings (SSSR count). The zero-order valence-electron chi connectivity index (χ0n) is 22.0. The van der Waals surface area contributed by atoms with Crippen LogP contribution in [-0.2, 0) is 11.3 Å². The van der Waals surface area contributed by atoms with Crippen molar-refractivity contribution in [3.63, 3.8) is 0 Å². The Kier molecular flexibility index (Phi) is 7.04. The van der Waals surface area contributed by atoms with Crippen LogP contribution in [-0.4, -0.2) is 33.3 Å². The van der Waals surface area contributed by atoms with Crippen LogP contribution in [0.25, 0.3) is 0 Å². The zero-order valence-corrected chi connectivity index (χ0v) is 22.0. The lowest BCUT2D eigenvalue weighted by atomic mass is 9.43. The van der Waals surface area contributed by atoms with Crippen LogP contribution < -0.4 is 5.32 Å². The van der Waals surface area contributed by atoms with Gasteiger partial charge in [-0.1, -0.05) is 20.8 Å². The van der Waals surface area contributed by atoms with Gasteiger partial charge >= 0.3 is 0 Å². The predicted molar refractivity (Wildman–Crippen MR) is 137 cm³/mol. The molecule has 5 nitrogen and oxygen atoms in total. The molecule has 0 saturated heterocycles. The maximum absolute atomic E-state index is 12.5. The maximum Gasteiger partial charge on any atom is 0.220 e. The van der Waals surface area contributed by atoms with Gasteiger partial charge in [-0.15, -0.1) is 0 Å². The molecule has 0 spiro atoms. The predicted octanol–water partition coefficient (Wildman–Crippen LogP) is 5.10. The second-order valence-corrected chi connectivity index (χ2v) is 13.0. The first kappa shape index (κ1) is 25.2. The van der Waals surface area contributed by atoms with Gasteiger partial charge in [0, 0.05) is 25.4 Å². The highest BCUT2D eigenvalue weighted by Gasteiger charge is 2.63. The van der Waals surface area contributed by atoms with Crippen molar-refractivity contribution in [3.8, 4) is 0 Å². The van der Waals surface area contributed by atoms with Gasteiger partial charge < -0.3 is 15.5 Å². The van der Waals surface area contributed by atoms with E-state index in [-0.39, 0.29) is 28.9 Å². The fourth-order valence-corrected chi connectivity index (χ4v) is 9.51. The molecule has 4 aliphatic rings. The highest BCUT2D eigenvalue weighted by atomic mass is 16.3. The molecule has 194 valence electrons. The number of amides is 1. The van der Waals surface area contributed by atoms with E-state index in [9.17, 15) is 15.0 Å². The van der Waals surface area contributed by atoms with E-state index in [1.165, 1.54) is 25.7 Å². The first-order valence-electron chi connectivity index (χ1n) is 14.2. The van der Waals surface area contributed by atoms with Crippen molar-refractivity contribution >= 4 is 5.91 Å². The Morgan fingerprint density at radius 3 is 2.63 bits per heavy atom. The molecule has 4 fully saturated rings. The molecule has 1 aromatic heterocycles. The number of aromatic nitrogens is 1. The van der Waals surface area contributed by atoms with E-state index in [0.29, 0.717) is 48.5 Å².